The molecule has 1 atom stereocenters. The summed E-state index contributed by atoms with van der Waals surface area (Å²) in [4.78, 5) is 13.2. The Bertz CT molecular complexity index is 1150. The summed E-state index contributed by atoms with van der Waals surface area (Å²) in [5.41, 5.74) is 4.63. The summed E-state index contributed by atoms with van der Waals surface area (Å²) >= 11 is 1.53. The molecule has 0 saturated carbocycles. The number of benzene rings is 3. The maximum atomic E-state index is 13.2. The predicted molar refractivity (Wildman–Crippen MR) is 127 cm³/mol. The minimum absolute atomic E-state index is 0.0295. The van der Waals surface area contributed by atoms with Crippen LogP contribution < -0.4 is 4.74 Å². The smallest absolute Gasteiger partial charge is 0.253 e. The van der Waals surface area contributed by atoms with Crippen molar-refractivity contribution in [2.45, 2.75) is 18.2 Å². The van der Waals surface area contributed by atoms with Gasteiger partial charge in [-0.1, -0.05) is 54.6 Å². The van der Waals surface area contributed by atoms with E-state index < -0.39 is 0 Å². The molecule has 0 unspecified atom stereocenters. The average Bonchev–Trinajstić information content (AvgIpc) is 3.30. The van der Waals surface area contributed by atoms with Crippen molar-refractivity contribution in [3.63, 3.8) is 0 Å². The number of nitrogens with zero attached hydrogens (tertiary/aromatic N) is 3. The zero-order valence-corrected chi connectivity index (χ0v) is 18.6. The van der Waals surface area contributed by atoms with Gasteiger partial charge in [-0.3, -0.25) is 4.79 Å². The quantitative estimate of drug-likeness (QED) is 0.507. The van der Waals surface area contributed by atoms with Gasteiger partial charge in [0.1, 0.15) is 5.75 Å². The third kappa shape index (κ3) is 5.01. The Labute approximate surface area is 192 Å². The summed E-state index contributed by atoms with van der Waals surface area (Å²) in [5, 5.41) is 15.4. The van der Waals surface area contributed by atoms with Crippen LogP contribution in [0.2, 0.25) is 0 Å². The van der Waals surface area contributed by atoms with Crippen molar-refractivity contribution in [1.29, 1.82) is 5.26 Å². The number of hydrogen-bond donors (Lipinski definition) is 0. The Hall–Kier alpha value is -3.56. The third-order valence-electron chi connectivity index (χ3n) is 5.32. The highest BCUT2D eigenvalue weighted by Gasteiger charge is 2.32. The number of amides is 1. The lowest BCUT2D eigenvalue weighted by atomic mass is 9.98. The topological polar surface area (TPSA) is 65.7 Å². The summed E-state index contributed by atoms with van der Waals surface area (Å²) < 4.78 is 5.28. The van der Waals surface area contributed by atoms with E-state index >= 15 is 0 Å². The molecule has 5 nitrogen and oxygen atoms in total. The molecule has 1 aliphatic heterocycles. The van der Waals surface area contributed by atoms with Crippen molar-refractivity contribution < 1.29 is 9.53 Å². The molecule has 0 N–H and O–H groups in total. The van der Waals surface area contributed by atoms with Crippen LogP contribution in [0.5, 0.6) is 5.75 Å². The fourth-order valence-corrected chi connectivity index (χ4v) is 4.51. The summed E-state index contributed by atoms with van der Waals surface area (Å²) in [5.74, 6) is 1.73. The number of ether oxygens (including phenoxy) is 1. The van der Waals surface area contributed by atoms with Crippen LogP contribution in [0.3, 0.4) is 0 Å². The van der Waals surface area contributed by atoms with E-state index in [0.29, 0.717) is 23.5 Å². The van der Waals surface area contributed by atoms with Crippen molar-refractivity contribution in [1.82, 2.24) is 5.01 Å². The van der Waals surface area contributed by atoms with Crippen LogP contribution in [-0.4, -0.2) is 29.5 Å². The van der Waals surface area contributed by atoms with Gasteiger partial charge >= 0.3 is 0 Å². The largest absolute Gasteiger partial charge is 0.497 e. The molecular weight excluding hydrogens is 418 g/mol. The SMILES string of the molecule is COc1ccc([C@@H]2CC(c3ccccc3)=NN2C(=O)CSCc2cccc(C#N)c2)cc1. The average molecular weight is 442 g/mol. The van der Waals surface area contributed by atoms with Gasteiger partial charge in [-0.2, -0.15) is 10.4 Å². The first kappa shape index (κ1) is 21.7. The van der Waals surface area contributed by atoms with Gasteiger partial charge in [-0.25, -0.2) is 5.01 Å². The molecular formula is C26H23N3O2S. The van der Waals surface area contributed by atoms with Gasteiger partial charge < -0.3 is 4.74 Å². The number of rotatable bonds is 7. The summed E-state index contributed by atoms with van der Waals surface area (Å²) in [6, 6.07) is 27.3. The van der Waals surface area contributed by atoms with Gasteiger partial charge in [0.25, 0.3) is 5.91 Å². The summed E-state index contributed by atoms with van der Waals surface area (Å²) in [6.45, 7) is 0. The fraction of sp³-hybridized carbons (Fsp3) is 0.192. The Morgan fingerprint density at radius 3 is 2.62 bits per heavy atom. The number of thioether (sulfide) groups is 1. The molecule has 1 amide bonds. The first-order valence-electron chi connectivity index (χ1n) is 10.3. The molecule has 3 aromatic rings. The molecule has 32 heavy (non-hydrogen) atoms. The highest BCUT2D eigenvalue weighted by Crippen LogP contribution is 2.34. The minimum atomic E-state index is -0.147. The second-order valence-electron chi connectivity index (χ2n) is 7.45. The van der Waals surface area contributed by atoms with Crippen LogP contribution in [0.15, 0.2) is 84.0 Å². The zero-order valence-electron chi connectivity index (χ0n) is 17.8. The van der Waals surface area contributed by atoms with E-state index in [4.69, 9.17) is 15.1 Å². The highest BCUT2D eigenvalue weighted by atomic mass is 32.2. The third-order valence-corrected chi connectivity index (χ3v) is 6.31. The maximum absolute atomic E-state index is 13.2. The number of hydrazone groups is 1. The lowest BCUT2D eigenvalue weighted by Crippen LogP contribution is -2.28. The highest BCUT2D eigenvalue weighted by molar-refractivity contribution is 7.99. The van der Waals surface area contributed by atoms with Gasteiger partial charge in [0.2, 0.25) is 0 Å². The standard InChI is InChI=1S/C26H23N3O2S/c1-31-23-12-10-22(11-13-23)25-15-24(21-8-3-2-4-9-21)28-29(25)26(30)18-32-17-20-7-5-6-19(14-20)16-27/h2-14,25H,15,17-18H2,1H3/t25-/m0/s1. The van der Waals surface area contributed by atoms with Gasteiger partial charge in [-0.05, 0) is 41.0 Å². The first-order chi connectivity index (χ1) is 15.7. The summed E-state index contributed by atoms with van der Waals surface area (Å²) in [6.07, 6.45) is 0.664. The number of carbonyl (C=O) groups is 1. The number of hydrogen-bond acceptors (Lipinski definition) is 5. The van der Waals surface area contributed by atoms with Gasteiger partial charge in [0.05, 0.1) is 36.2 Å². The minimum Gasteiger partial charge on any atom is -0.497 e. The second-order valence-corrected chi connectivity index (χ2v) is 8.43. The van der Waals surface area contributed by atoms with E-state index in [-0.39, 0.29) is 11.9 Å². The van der Waals surface area contributed by atoms with Crippen molar-refractivity contribution in [2.75, 3.05) is 12.9 Å². The van der Waals surface area contributed by atoms with E-state index in [1.54, 1.807) is 18.2 Å². The second kappa shape index (κ2) is 10.2. The van der Waals surface area contributed by atoms with Crippen molar-refractivity contribution >= 4 is 23.4 Å². The van der Waals surface area contributed by atoms with Crippen LogP contribution >= 0.6 is 11.8 Å². The molecule has 1 heterocycles. The molecule has 4 rings (SSSR count). The van der Waals surface area contributed by atoms with Gasteiger partial charge in [0, 0.05) is 12.2 Å². The molecule has 0 radical (unpaired) electrons. The van der Waals surface area contributed by atoms with Crippen LogP contribution in [-0.2, 0) is 10.5 Å². The number of methoxy groups -OCH3 is 1. The van der Waals surface area contributed by atoms with Crippen molar-refractivity contribution in [3.8, 4) is 11.8 Å². The first-order valence-corrected chi connectivity index (χ1v) is 11.5. The predicted octanol–water partition coefficient (Wildman–Crippen LogP) is 5.18. The molecule has 0 fully saturated rings. The molecule has 0 saturated heterocycles. The Balaban J connectivity index is 1.50. The molecule has 1 aliphatic rings. The van der Waals surface area contributed by atoms with Gasteiger partial charge in [-0.15, -0.1) is 11.8 Å². The molecule has 0 spiro atoms. The van der Waals surface area contributed by atoms with Gasteiger partial charge in [0.15, 0.2) is 0 Å². The van der Waals surface area contributed by atoms with Crippen molar-refractivity contribution in [2.24, 2.45) is 5.10 Å². The van der Waals surface area contributed by atoms with E-state index in [9.17, 15) is 4.79 Å². The Kier molecular flexibility index (Phi) is 6.88. The van der Waals surface area contributed by atoms with Crippen LogP contribution in [0.25, 0.3) is 0 Å². The Morgan fingerprint density at radius 2 is 1.91 bits per heavy atom. The fourth-order valence-electron chi connectivity index (χ4n) is 3.68. The number of nitriles is 1. The normalized spacial score (nSPS) is 15.2. The number of carbonyl (C=O) groups excluding carboxylic acids is 1. The lowest BCUT2D eigenvalue weighted by Gasteiger charge is -2.22. The van der Waals surface area contributed by atoms with E-state index in [1.807, 2.05) is 72.8 Å². The lowest BCUT2D eigenvalue weighted by molar-refractivity contribution is -0.130. The molecule has 160 valence electrons. The maximum Gasteiger partial charge on any atom is 0.253 e. The summed E-state index contributed by atoms with van der Waals surface area (Å²) in [7, 11) is 1.64. The molecule has 0 aliphatic carbocycles. The van der Waals surface area contributed by atoms with Crippen molar-refractivity contribution in [3.05, 3.63) is 101 Å². The van der Waals surface area contributed by atoms with E-state index in [1.165, 1.54) is 11.8 Å². The molecule has 0 bridgehead atoms. The van der Waals surface area contributed by atoms with E-state index in [2.05, 4.69) is 6.07 Å². The monoisotopic (exact) mass is 441 g/mol. The van der Waals surface area contributed by atoms with E-state index in [0.717, 1.165) is 28.2 Å². The zero-order chi connectivity index (χ0) is 22.3. The van der Waals surface area contributed by atoms with Crippen LogP contribution in [0.1, 0.15) is 34.7 Å². The molecule has 6 heteroatoms. The Morgan fingerprint density at radius 1 is 1.12 bits per heavy atom. The molecule has 0 aromatic heterocycles. The molecule has 3 aromatic carbocycles. The van der Waals surface area contributed by atoms with Crippen LogP contribution in [0, 0.1) is 11.3 Å². The van der Waals surface area contributed by atoms with Crippen LogP contribution in [0.4, 0.5) is 0 Å².